The van der Waals surface area contributed by atoms with E-state index in [1.807, 2.05) is 0 Å². The van der Waals surface area contributed by atoms with Crippen molar-refractivity contribution in [3.8, 4) is 0 Å². The Morgan fingerprint density at radius 3 is 1.77 bits per heavy atom. The van der Waals surface area contributed by atoms with Gasteiger partial charge in [-0.05, 0) is 32.1 Å². The molecule has 0 saturated carbocycles. The zero-order valence-electron chi connectivity index (χ0n) is 8.15. The molecule has 0 fully saturated rings. The highest BCUT2D eigenvalue weighted by molar-refractivity contribution is 5.05. The van der Waals surface area contributed by atoms with E-state index >= 15 is 0 Å². The predicted octanol–water partition coefficient (Wildman–Crippen LogP) is 4.18. The van der Waals surface area contributed by atoms with Gasteiger partial charge in [-0.15, -0.1) is 0 Å². The number of allylic oxidation sites excluding steroid dienone is 8. The van der Waals surface area contributed by atoms with Gasteiger partial charge in [0.25, 0.3) is 0 Å². The zero-order chi connectivity index (χ0) is 9.19. The van der Waals surface area contributed by atoms with E-state index < -0.39 is 0 Å². The molecule has 1 rings (SSSR count). The minimum absolute atomic E-state index is 1.06. The van der Waals surface area contributed by atoms with E-state index in [9.17, 15) is 0 Å². The van der Waals surface area contributed by atoms with Crippen molar-refractivity contribution in [2.45, 2.75) is 32.1 Å². The lowest BCUT2D eigenvalue weighted by Gasteiger charge is -1.87. The maximum Gasteiger partial charge on any atom is -0.0166 e. The fourth-order valence-electron chi connectivity index (χ4n) is 1.25. The van der Waals surface area contributed by atoms with E-state index in [1.165, 1.54) is 19.3 Å². The molecular weight excluding hydrogens is 156 g/mol. The molecule has 1 aliphatic rings. The summed E-state index contributed by atoms with van der Waals surface area (Å²) in [5.74, 6) is 0. The molecule has 0 radical (unpaired) electrons. The molecule has 0 heteroatoms. The van der Waals surface area contributed by atoms with E-state index in [4.69, 9.17) is 0 Å². The zero-order valence-corrected chi connectivity index (χ0v) is 8.15. The Labute approximate surface area is 81.4 Å². The maximum absolute atomic E-state index is 2.28. The van der Waals surface area contributed by atoms with Crippen LogP contribution in [0.5, 0.6) is 0 Å². The predicted molar refractivity (Wildman–Crippen MR) is 59.6 cm³/mol. The highest BCUT2D eigenvalue weighted by Gasteiger charge is 1.79. The second kappa shape index (κ2) is 7.60. The van der Waals surface area contributed by atoms with Crippen LogP contribution in [0.1, 0.15) is 32.1 Å². The lowest BCUT2D eigenvalue weighted by atomic mass is 10.2. The third-order valence-corrected chi connectivity index (χ3v) is 1.99. The molecule has 1 aliphatic carbocycles. The lowest BCUT2D eigenvalue weighted by molar-refractivity contribution is 1.00. The Kier molecular flexibility index (Phi) is 5.87. The van der Waals surface area contributed by atoms with Gasteiger partial charge in [-0.2, -0.15) is 0 Å². The fourth-order valence-corrected chi connectivity index (χ4v) is 1.25. The van der Waals surface area contributed by atoms with Gasteiger partial charge in [-0.3, -0.25) is 0 Å². The molecule has 0 heterocycles. The third-order valence-electron chi connectivity index (χ3n) is 1.99. The van der Waals surface area contributed by atoms with Gasteiger partial charge in [0.1, 0.15) is 0 Å². The Bertz CT molecular complexity index is 216. The normalized spacial score (nSPS) is 24.0. The van der Waals surface area contributed by atoms with Crippen LogP contribution in [0.25, 0.3) is 0 Å². The summed E-state index contributed by atoms with van der Waals surface area (Å²) < 4.78 is 0. The van der Waals surface area contributed by atoms with Crippen molar-refractivity contribution in [3.05, 3.63) is 48.6 Å². The molecule has 70 valence electrons. The summed E-state index contributed by atoms with van der Waals surface area (Å²) in [5.41, 5.74) is 0. The molecule has 0 amide bonds. The minimum atomic E-state index is 1.06. The molecule has 0 bridgehead atoms. The molecule has 0 unspecified atom stereocenters. The molecule has 0 spiro atoms. The summed E-state index contributed by atoms with van der Waals surface area (Å²) in [4.78, 5) is 0. The van der Waals surface area contributed by atoms with Crippen LogP contribution < -0.4 is 0 Å². The van der Waals surface area contributed by atoms with Gasteiger partial charge < -0.3 is 0 Å². The van der Waals surface area contributed by atoms with Gasteiger partial charge in [0.2, 0.25) is 0 Å². The highest BCUT2D eigenvalue weighted by Crippen LogP contribution is 2.00. The average molecular weight is 174 g/mol. The third kappa shape index (κ3) is 6.15. The second-order valence-corrected chi connectivity index (χ2v) is 3.19. The summed E-state index contributed by atoms with van der Waals surface area (Å²) in [5, 5.41) is 0. The highest BCUT2D eigenvalue weighted by atomic mass is 13.9. The van der Waals surface area contributed by atoms with Crippen LogP contribution in [0, 0.1) is 0 Å². The number of hydrogen-bond donors (Lipinski definition) is 0. The summed E-state index contributed by atoms with van der Waals surface area (Å²) in [7, 11) is 0. The first kappa shape index (κ1) is 10.0. The smallest absolute Gasteiger partial charge is 0.0166 e. The first-order valence-electron chi connectivity index (χ1n) is 5.12. The van der Waals surface area contributed by atoms with Crippen molar-refractivity contribution in [3.63, 3.8) is 0 Å². The van der Waals surface area contributed by atoms with Crippen molar-refractivity contribution < 1.29 is 0 Å². The van der Waals surface area contributed by atoms with Crippen LogP contribution in [0.4, 0.5) is 0 Å². The standard InChI is InChI=1S/C13H18/c1-2-4-6-8-10-12-13-11-9-7-5-3-1/h1-4,7,9-10,12H,5-6,8,11,13H2/b3-1?,4-2?,9-7-,12-10+. The topological polar surface area (TPSA) is 0 Å². The van der Waals surface area contributed by atoms with Crippen LogP contribution in [-0.4, -0.2) is 0 Å². The molecule has 13 heavy (non-hydrogen) atoms. The lowest BCUT2D eigenvalue weighted by Crippen LogP contribution is -1.66. The monoisotopic (exact) mass is 174 g/mol. The van der Waals surface area contributed by atoms with Crippen LogP contribution in [-0.2, 0) is 0 Å². The molecule has 0 aromatic heterocycles. The molecule has 0 saturated heterocycles. The maximum atomic E-state index is 2.28. The molecular formula is C13H18. The van der Waals surface area contributed by atoms with E-state index in [2.05, 4.69) is 48.6 Å². The van der Waals surface area contributed by atoms with Crippen LogP contribution in [0.3, 0.4) is 0 Å². The molecule has 0 aromatic rings. The van der Waals surface area contributed by atoms with Crippen molar-refractivity contribution in [1.82, 2.24) is 0 Å². The quantitative estimate of drug-likeness (QED) is 0.483. The molecule has 0 aromatic carbocycles. The van der Waals surface area contributed by atoms with Crippen molar-refractivity contribution >= 4 is 0 Å². The van der Waals surface area contributed by atoms with Crippen LogP contribution in [0.2, 0.25) is 0 Å². The Balaban J connectivity index is 2.38. The first-order valence-corrected chi connectivity index (χ1v) is 5.12. The molecule has 0 atom stereocenters. The number of hydrogen-bond acceptors (Lipinski definition) is 0. The van der Waals surface area contributed by atoms with Gasteiger partial charge in [-0.25, -0.2) is 0 Å². The Hall–Kier alpha value is -1.04. The number of rotatable bonds is 0. The van der Waals surface area contributed by atoms with Crippen LogP contribution >= 0.6 is 0 Å². The van der Waals surface area contributed by atoms with Crippen molar-refractivity contribution in [1.29, 1.82) is 0 Å². The van der Waals surface area contributed by atoms with E-state index in [0.717, 1.165) is 12.8 Å². The van der Waals surface area contributed by atoms with Gasteiger partial charge in [0.15, 0.2) is 0 Å². The first-order chi connectivity index (χ1) is 6.50. The summed E-state index contributed by atoms with van der Waals surface area (Å²) in [6.07, 6.45) is 23.5. The van der Waals surface area contributed by atoms with Crippen molar-refractivity contribution in [2.75, 3.05) is 0 Å². The average Bonchev–Trinajstić information content (AvgIpc) is 2.18. The molecule has 0 aliphatic heterocycles. The van der Waals surface area contributed by atoms with Crippen LogP contribution in [0.15, 0.2) is 48.6 Å². The van der Waals surface area contributed by atoms with Crippen molar-refractivity contribution in [2.24, 2.45) is 0 Å². The minimum Gasteiger partial charge on any atom is -0.0882 e. The Morgan fingerprint density at radius 2 is 1.00 bits per heavy atom. The fraction of sp³-hybridized carbons (Fsp3) is 0.385. The van der Waals surface area contributed by atoms with E-state index in [0.29, 0.717) is 0 Å². The summed E-state index contributed by atoms with van der Waals surface area (Å²) >= 11 is 0. The Morgan fingerprint density at radius 1 is 0.462 bits per heavy atom. The van der Waals surface area contributed by atoms with E-state index in [1.54, 1.807) is 0 Å². The SMILES string of the molecule is C1=CC/C=C\CC/C=C/CCC=C1. The van der Waals surface area contributed by atoms with Gasteiger partial charge >= 0.3 is 0 Å². The second-order valence-electron chi connectivity index (χ2n) is 3.19. The largest absolute Gasteiger partial charge is 0.0882 e. The van der Waals surface area contributed by atoms with Gasteiger partial charge in [0.05, 0.1) is 0 Å². The molecule has 0 nitrogen and oxygen atoms in total. The van der Waals surface area contributed by atoms with Gasteiger partial charge in [0, 0.05) is 0 Å². The van der Waals surface area contributed by atoms with Gasteiger partial charge in [-0.1, -0.05) is 48.6 Å². The summed E-state index contributed by atoms with van der Waals surface area (Å²) in [6, 6.07) is 0. The van der Waals surface area contributed by atoms with E-state index in [-0.39, 0.29) is 0 Å². The molecule has 0 N–H and O–H groups in total. The summed E-state index contributed by atoms with van der Waals surface area (Å²) in [6.45, 7) is 0.